The maximum Gasteiger partial charge on any atom is 0.422 e. The van der Waals surface area contributed by atoms with Crippen LogP contribution in [0.4, 0.5) is 4.39 Å². The predicted octanol–water partition coefficient (Wildman–Crippen LogP) is 0.198. The SMILES string of the molecule is COC(=O)C(=[N+]=[N-])c1cc(=O)oc2cc([O-])c(F)cc12. The molecule has 0 aliphatic rings. The molecule has 0 unspecified atom stereocenters. The van der Waals surface area contributed by atoms with Crippen molar-refractivity contribution in [2.45, 2.75) is 0 Å². The van der Waals surface area contributed by atoms with Gasteiger partial charge in [0.2, 0.25) is 0 Å². The number of halogens is 1. The van der Waals surface area contributed by atoms with E-state index in [1.54, 1.807) is 0 Å². The quantitative estimate of drug-likeness (QED) is 0.255. The number of fused-ring (bicyclic) bond motifs is 1. The van der Waals surface area contributed by atoms with E-state index < -0.39 is 28.9 Å². The van der Waals surface area contributed by atoms with Gasteiger partial charge in [-0.15, -0.1) is 0 Å². The number of nitrogens with zero attached hydrogens (tertiary/aromatic N) is 2. The third-order valence-corrected chi connectivity index (χ3v) is 2.53. The molecule has 2 aromatic rings. The number of hydrogen-bond donors (Lipinski definition) is 0. The van der Waals surface area contributed by atoms with Crippen LogP contribution >= 0.6 is 0 Å². The van der Waals surface area contributed by atoms with Gasteiger partial charge in [-0.2, -0.15) is 4.79 Å². The van der Waals surface area contributed by atoms with Crippen LogP contribution < -0.4 is 10.7 Å². The van der Waals surface area contributed by atoms with E-state index in [4.69, 9.17) is 9.95 Å². The standard InChI is InChI=1S/C12H7FN2O5/c1-19-12(18)11(15-14)6-3-10(17)20-9-4-8(16)7(13)2-5(6)9/h2-4,16H,1H3/p-1. The average Bonchev–Trinajstić information content (AvgIpc) is 2.41. The molecular weight excluding hydrogens is 271 g/mol. The van der Waals surface area contributed by atoms with Crippen molar-refractivity contribution >= 4 is 22.7 Å². The minimum atomic E-state index is -1.10. The minimum Gasteiger partial charge on any atom is -0.870 e. The van der Waals surface area contributed by atoms with E-state index in [0.717, 1.165) is 25.3 Å². The molecule has 0 aliphatic carbocycles. The van der Waals surface area contributed by atoms with Gasteiger partial charge in [0, 0.05) is 11.5 Å². The first-order valence-electron chi connectivity index (χ1n) is 5.23. The molecule has 0 spiro atoms. The van der Waals surface area contributed by atoms with Crippen molar-refractivity contribution in [1.29, 1.82) is 0 Å². The van der Waals surface area contributed by atoms with Gasteiger partial charge in [-0.1, -0.05) is 5.75 Å². The highest BCUT2D eigenvalue weighted by atomic mass is 19.1. The Morgan fingerprint density at radius 2 is 2.15 bits per heavy atom. The Kier molecular flexibility index (Phi) is 3.32. The summed E-state index contributed by atoms with van der Waals surface area (Å²) >= 11 is 0. The summed E-state index contributed by atoms with van der Waals surface area (Å²) in [5.41, 5.74) is 6.91. The van der Waals surface area contributed by atoms with Crippen LogP contribution in [0.5, 0.6) is 5.75 Å². The number of ether oxygens (including phenoxy) is 1. The lowest BCUT2D eigenvalue weighted by Crippen LogP contribution is -2.20. The molecule has 102 valence electrons. The normalized spacial score (nSPS) is 10.1. The summed E-state index contributed by atoms with van der Waals surface area (Å²) in [6, 6.07) is 2.38. The van der Waals surface area contributed by atoms with E-state index in [9.17, 15) is 19.1 Å². The van der Waals surface area contributed by atoms with Gasteiger partial charge in [0.25, 0.3) is 0 Å². The van der Waals surface area contributed by atoms with Crippen molar-refractivity contribution in [2.24, 2.45) is 0 Å². The van der Waals surface area contributed by atoms with Gasteiger partial charge >= 0.3 is 17.3 Å². The van der Waals surface area contributed by atoms with Crippen LogP contribution in [0.2, 0.25) is 0 Å². The van der Waals surface area contributed by atoms with Crippen LogP contribution in [0.15, 0.2) is 27.4 Å². The van der Waals surface area contributed by atoms with E-state index >= 15 is 0 Å². The summed E-state index contributed by atoms with van der Waals surface area (Å²) in [6.45, 7) is 0. The summed E-state index contributed by atoms with van der Waals surface area (Å²) in [6.07, 6.45) is 0. The first kappa shape index (κ1) is 13.4. The van der Waals surface area contributed by atoms with Gasteiger partial charge in [-0.25, -0.2) is 14.0 Å². The fourth-order valence-corrected chi connectivity index (χ4v) is 1.66. The average molecular weight is 277 g/mol. The van der Waals surface area contributed by atoms with Crippen molar-refractivity contribution in [3.63, 3.8) is 0 Å². The van der Waals surface area contributed by atoms with Gasteiger partial charge in [0.05, 0.1) is 12.7 Å². The molecule has 0 amide bonds. The van der Waals surface area contributed by atoms with Crippen LogP contribution in [-0.2, 0) is 9.53 Å². The van der Waals surface area contributed by atoms with Crippen LogP contribution in [0.1, 0.15) is 5.56 Å². The highest BCUT2D eigenvalue weighted by Crippen LogP contribution is 2.24. The fourth-order valence-electron chi connectivity index (χ4n) is 1.66. The molecule has 2 rings (SSSR count). The van der Waals surface area contributed by atoms with E-state index in [2.05, 4.69) is 9.53 Å². The second-order valence-corrected chi connectivity index (χ2v) is 3.70. The molecule has 0 aliphatic heterocycles. The largest absolute Gasteiger partial charge is 0.870 e. The number of carbonyl (C=O) groups is 1. The Morgan fingerprint density at radius 3 is 2.75 bits per heavy atom. The molecule has 0 N–H and O–H groups in total. The molecule has 0 atom stereocenters. The van der Waals surface area contributed by atoms with Crippen LogP contribution in [0.3, 0.4) is 0 Å². The molecule has 0 fully saturated rings. The van der Waals surface area contributed by atoms with E-state index in [-0.39, 0.29) is 16.5 Å². The molecule has 1 aromatic carbocycles. The zero-order chi connectivity index (χ0) is 14.9. The Bertz CT molecular complexity index is 820. The number of hydrogen-bond acceptors (Lipinski definition) is 5. The molecule has 0 radical (unpaired) electrons. The van der Waals surface area contributed by atoms with Crippen LogP contribution in [-0.4, -0.2) is 23.6 Å². The molecule has 0 bridgehead atoms. The Morgan fingerprint density at radius 1 is 1.45 bits per heavy atom. The summed E-state index contributed by atoms with van der Waals surface area (Å²) in [4.78, 5) is 25.6. The smallest absolute Gasteiger partial charge is 0.422 e. The maximum atomic E-state index is 13.3. The molecule has 1 aromatic heterocycles. The highest BCUT2D eigenvalue weighted by Gasteiger charge is 2.27. The maximum absolute atomic E-state index is 13.3. The Hall–Kier alpha value is -2.99. The number of carbonyl (C=O) groups excluding carboxylic acids is 1. The summed E-state index contributed by atoms with van der Waals surface area (Å²) in [7, 11) is 1.04. The highest BCUT2D eigenvalue weighted by molar-refractivity contribution is 6.42. The lowest BCUT2D eigenvalue weighted by molar-refractivity contribution is -0.272. The van der Waals surface area contributed by atoms with Gasteiger partial charge in [-0.3, -0.25) is 0 Å². The molecular formula is C12H6FN2O5-. The molecule has 0 saturated carbocycles. The zero-order valence-electron chi connectivity index (χ0n) is 10.0. The Labute approximate surface area is 110 Å². The third-order valence-electron chi connectivity index (χ3n) is 2.53. The monoisotopic (exact) mass is 277 g/mol. The second kappa shape index (κ2) is 4.94. The summed E-state index contributed by atoms with van der Waals surface area (Å²) < 4.78 is 22.4. The fraction of sp³-hybridized carbons (Fsp3) is 0.0833. The molecule has 7 nitrogen and oxygen atoms in total. The van der Waals surface area contributed by atoms with Gasteiger partial charge in [0.1, 0.15) is 11.4 Å². The minimum absolute atomic E-state index is 0.0695. The topological polar surface area (TPSA) is 116 Å². The van der Waals surface area contributed by atoms with E-state index in [1.807, 2.05) is 0 Å². The summed E-state index contributed by atoms with van der Waals surface area (Å²) in [5.74, 6) is -3.11. The third kappa shape index (κ3) is 2.15. The Balaban J connectivity index is 2.89. The summed E-state index contributed by atoms with van der Waals surface area (Å²) in [5, 5.41) is 11.1. The number of benzene rings is 1. The number of methoxy groups -OCH3 is 1. The van der Waals surface area contributed by atoms with E-state index in [0.29, 0.717) is 0 Å². The van der Waals surface area contributed by atoms with Crippen molar-refractivity contribution < 1.29 is 28.2 Å². The lowest BCUT2D eigenvalue weighted by Gasteiger charge is -2.08. The first-order chi connectivity index (χ1) is 9.47. The van der Waals surface area contributed by atoms with E-state index in [1.165, 1.54) is 0 Å². The molecule has 8 heteroatoms. The number of rotatable bonds is 2. The molecule has 1 heterocycles. The van der Waals surface area contributed by atoms with Crippen molar-refractivity contribution in [3.8, 4) is 5.75 Å². The molecule has 0 saturated heterocycles. The molecule has 20 heavy (non-hydrogen) atoms. The lowest BCUT2D eigenvalue weighted by atomic mass is 10.1. The van der Waals surface area contributed by atoms with Gasteiger partial charge in [0.15, 0.2) is 0 Å². The van der Waals surface area contributed by atoms with Crippen molar-refractivity contribution in [2.75, 3.05) is 7.11 Å². The van der Waals surface area contributed by atoms with Crippen LogP contribution in [0.25, 0.3) is 16.5 Å². The zero-order valence-corrected chi connectivity index (χ0v) is 10.0. The van der Waals surface area contributed by atoms with Crippen molar-refractivity contribution in [3.05, 3.63) is 45.5 Å². The van der Waals surface area contributed by atoms with Gasteiger partial charge < -0.3 is 19.8 Å². The predicted molar refractivity (Wildman–Crippen MR) is 61.6 cm³/mol. The van der Waals surface area contributed by atoms with Crippen molar-refractivity contribution in [1.82, 2.24) is 0 Å². The second-order valence-electron chi connectivity index (χ2n) is 3.70. The van der Waals surface area contributed by atoms with Crippen LogP contribution in [0, 0.1) is 5.82 Å². The first-order valence-corrected chi connectivity index (χ1v) is 5.23. The van der Waals surface area contributed by atoms with Gasteiger partial charge in [-0.05, 0) is 12.1 Å². The number of esters is 1.